The van der Waals surface area contributed by atoms with E-state index < -0.39 is 0 Å². The minimum Gasteiger partial charge on any atom is -0.481 e. The number of likely N-dealkylation sites (tertiary alicyclic amines) is 1. The molecule has 3 heteroatoms. The Labute approximate surface area is 132 Å². The Morgan fingerprint density at radius 1 is 1.23 bits per heavy atom. The van der Waals surface area contributed by atoms with Gasteiger partial charge in [0, 0.05) is 24.3 Å². The first-order valence-corrected chi connectivity index (χ1v) is 8.06. The fourth-order valence-electron chi connectivity index (χ4n) is 3.36. The molecule has 1 saturated heterocycles. The fraction of sp³-hybridized carbons (Fsp3) is 0.421. The van der Waals surface area contributed by atoms with Gasteiger partial charge >= 0.3 is 0 Å². The van der Waals surface area contributed by atoms with Crippen molar-refractivity contribution in [1.29, 1.82) is 0 Å². The van der Waals surface area contributed by atoms with E-state index in [0.29, 0.717) is 6.04 Å². The number of ether oxygens (including phenoxy) is 1. The highest BCUT2D eigenvalue weighted by Gasteiger charge is 2.24. The Morgan fingerprint density at radius 3 is 2.77 bits per heavy atom. The normalized spacial score (nSPS) is 19.1. The van der Waals surface area contributed by atoms with Crippen LogP contribution < -0.4 is 4.74 Å². The quantitative estimate of drug-likeness (QED) is 0.848. The molecular weight excluding hydrogens is 272 g/mol. The summed E-state index contributed by atoms with van der Waals surface area (Å²) in [6, 6.07) is 13.4. The summed E-state index contributed by atoms with van der Waals surface area (Å²) in [6.45, 7) is 4.24. The van der Waals surface area contributed by atoms with Gasteiger partial charge in [-0.2, -0.15) is 0 Å². The van der Waals surface area contributed by atoms with E-state index in [1.54, 1.807) is 7.11 Å². The van der Waals surface area contributed by atoms with Crippen molar-refractivity contribution in [2.75, 3.05) is 13.7 Å². The SMILES string of the molecule is COc1ncc(C2CCCCN2Cc2ccccc2)cc1C. The van der Waals surface area contributed by atoms with Crippen molar-refractivity contribution in [1.82, 2.24) is 9.88 Å². The summed E-state index contributed by atoms with van der Waals surface area (Å²) in [5, 5.41) is 0. The number of benzene rings is 1. The number of pyridine rings is 1. The van der Waals surface area contributed by atoms with E-state index in [1.807, 2.05) is 6.20 Å². The highest BCUT2D eigenvalue weighted by atomic mass is 16.5. The number of hydrogen-bond acceptors (Lipinski definition) is 3. The smallest absolute Gasteiger partial charge is 0.215 e. The average molecular weight is 296 g/mol. The predicted molar refractivity (Wildman–Crippen MR) is 89.0 cm³/mol. The average Bonchev–Trinajstić information content (AvgIpc) is 2.56. The molecule has 1 unspecified atom stereocenters. The second-order valence-corrected chi connectivity index (χ2v) is 6.06. The Kier molecular flexibility index (Phi) is 4.74. The summed E-state index contributed by atoms with van der Waals surface area (Å²) in [5.41, 5.74) is 3.81. The van der Waals surface area contributed by atoms with Crippen LogP contribution in [0.15, 0.2) is 42.6 Å². The third kappa shape index (κ3) is 3.30. The molecule has 0 N–H and O–H groups in total. The second kappa shape index (κ2) is 6.93. The molecule has 0 saturated carbocycles. The Balaban J connectivity index is 1.81. The number of nitrogens with zero attached hydrogens (tertiary/aromatic N) is 2. The zero-order valence-electron chi connectivity index (χ0n) is 13.5. The molecule has 0 amide bonds. The molecule has 1 fully saturated rings. The van der Waals surface area contributed by atoms with E-state index in [9.17, 15) is 0 Å². The van der Waals surface area contributed by atoms with Crippen LogP contribution in [0.5, 0.6) is 5.88 Å². The Bertz CT molecular complexity index is 612. The molecule has 116 valence electrons. The van der Waals surface area contributed by atoms with Gasteiger partial charge in [-0.3, -0.25) is 4.90 Å². The van der Waals surface area contributed by atoms with Gasteiger partial charge in [-0.05, 0) is 43.5 Å². The van der Waals surface area contributed by atoms with Gasteiger partial charge in [-0.15, -0.1) is 0 Å². The van der Waals surface area contributed by atoms with Crippen LogP contribution in [0, 0.1) is 6.92 Å². The second-order valence-electron chi connectivity index (χ2n) is 6.06. The third-order valence-electron chi connectivity index (χ3n) is 4.47. The van der Waals surface area contributed by atoms with Crippen molar-refractivity contribution >= 4 is 0 Å². The molecule has 2 heterocycles. The predicted octanol–water partition coefficient (Wildman–Crippen LogP) is 4.13. The first-order chi connectivity index (χ1) is 10.8. The van der Waals surface area contributed by atoms with Gasteiger partial charge in [0.1, 0.15) is 0 Å². The summed E-state index contributed by atoms with van der Waals surface area (Å²) in [6.07, 6.45) is 5.77. The number of piperidine rings is 1. The first kappa shape index (κ1) is 15.0. The molecule has 0 aliphatic carbocycles. The first-order valence-electron chi connectivity index (χ1n) is 8.06. The topological polar surface area (TPSA) is 25.4 Å². The standard InChI is InChI=1S/C19H24N2O/c1-15-12-17(13-20-19(15)22-2)18-10-6-7-11-21(18)14-16-8-4-3-5-9-16/h3-5,8-9,12-13,18H,6-7,10-11,14H2,1-2H3. The minimum absolute atomic E-state index is 0.464. The van der Waals surface area contributed by atoms with Crippen molar-refractivity contribution in [3.63, 3.8) is 0 Å². The number of hydrogen-bond donors (Lipinski definition) is 0. The van der Waals surface area contributed by atoms with Gasteiger partial charge in [0.2, 0.25) is 5.88 Å². The lowest BCUT2D eigenvalue weighted by molar-refractivity contribution is 0.140. The number of rotatable bonds is 4. The maximum atomic E-state index is 5.29. The zero-order chi connectivity index (χ0) is 15.4. The van der Waals surface area contributed by atoms with Crippen LogP contribution in [0.2, 0.25) is 0 Å². The lowest BCUT2D eigenvalue weighted by Gasteiger charge is -2.36. The molecule has 0 spiro atoms. The lowest BCUT2D eigenvalue weighted by Crippen LogP contribution is -2.33. The fourth-order valence-corrected chi connectivity index (χ4v) is 3.36. The van der Waals surface area contributed by atoms with E-state index in [4.69, 9.17) is 4.74 Å². The maximum absolute atomic E-state index is 5.29. The van der Waals surface area contributed by atoms with Crippen LogP contribution in [0.4, 0.5) is 0 Å². The Morgan fingerprint density at radius 2 is 2.05 bits per heavy atom. The minimum atomic E-state index is 0.464. The van der Waals surface area contributed by atoms with Gasteiger partial charge in [0.25, 0.3) is 0 Å². The van der Waals surface area contributed by atoms with Crippen LogP contribution in [-0.4, -0.2) is 23.5 Å². The van der Waals surface area contributed by atoms with Gasteiger partial charge in [0.15, 0.2) is 0 Å². The van der Waals surface area contributed by atoms with Gasteiger partial charge in [-0.25, -0.2) is 4.98 Å². The van der Waals surface area contributed by atoms with Gasteiger partial charge in [-0.1, -0.05) is 36.8 Å². The van der Waals surface area contributed by atoms with E-state index >= 15 is 0 Å². The molecule has 22 heavy (non-hydrogen) atoms. The summed E-state index contributed by atoms with van der Waals surface area (Å²) in [7, 11) is 1.68. The lowest BCUT2D eigenvalue weighted by atomic mass is 9.95. The van der Waals surface area contributed by atoms with E-state index in [-0.39, 0.29) is 0 Å². The van der Waals surface area contributed by atoms with Crippen molar-refractivity contribution in [2.24, 2.45) is 0 Å². The molecule has 0 radical (unpaired) electrons. The molecule has 1 aliphatic heterocycles. The van der Waals surface area contributed by atoms with Crippen LogP contribution in [-0.2, 0) is 6.54 Å². The van der Waals surface area contributed by atoms with E-state index in [0.717, 1.165) is 24.5 Å². The van der Waals surface area contributed by atoms with Crippen molar-refractivity contribution in [3.8, 4) is 5.88 Å². The van der Waals surface area contributed by atoms with Gasteiger partial charge < -0.3 is 4.74 Å². The largest absolute Gasteiger partial charge is 0.481 e. The molecular formula is C19H24N2O. The molecule has 3 nitrogen and oxygen atoms in total. The Hall–Kier alpha value is -1.87. The summed E-state index contributed by atoms with van der Waals surface area (Å²) >= 11 is 0. The van der Waals surface area contributed by atoms with Crippen LogP contribution >= 0.6 is 0 Å². The zero-order valence-corrected chi connectivity index (χ0v) is 13.5. The van der Waals surface area contributed by atoms with E-state index in [1.165, 1.54) is 30.4 Å². The van der Waals surface area contributed by atoms with Crippen LogP contribution in [0.1, 0.15) is 42.0 Å². The highest BCUT2D eigenvalue weighted by Crippen LogP contribution is 2.33. The summed E-state index contributed by atoms with van der Waals surface area (Å²) in [4.78, 5) is 7.05. The molecule has 1 atom stereocenters. The molecule has 1 aromatic heterocycles. The van der Waals surface area contributed by atoms with Crippen LogP contribution in [0.25, 0.3) is 0 Å². The maximum Gasteiger partial charge on any atom is 0.215 e. The summed E-state index contributed by atoms with van der Waals surface area (Å²) in [5.74, 6) is 0.731. The number of aryl methyl sites for hydroxylation is 1. The molecule has 1 aliphatic rings. The molecule has 1 aromatic carbocycles. The molecule has 0 bridgehead atoms. The van der Waals surface area contributed by atoms with Crippen LogP contribution in [0.3, 0.4) is 0 Å². The van der Waals surface area contributed by atoms with Crippen molar-refractivity contribution in [2.45, 2.75) is 38.8 Å². The van der Waals surface area contributed by atoms with Crippen molar-refractivity contribution in [3.05, 3.63) is 59.3 Å². The summed E-state index contributed by atoms with van der Waals surface area (Å²) < 4.78 is 5.29. The van der Waals surface area contributed by atoms with E-state index in [2.05, 4.69) is 53.2 Å². The number of aromatic nitrogens is 1. The number of methoxy groups -OCH3 is 1. The molecule has 3 rings (SSSR count). The molecule has 2 aromatic rings. The van der Waals surface area contributed by atoms with Gasteiger partial charge in [0.05, 0.1) is 7.11 Å². The van der Waals surface area contributed by atoms with Crippen molar-refractivity contribution < 1.29 is 4.74 Å². The monoisotopic (exact) mass is 296 g/mol. The highest BCUT2D eigenvalue weighted by molar-refractivity contribution is 5.30. The third-order valence-corrected chi connectivity index (χ3v) is 4.47.